The first-order chi connectivity index (χ1) is 19.6. The average molecular weight is 603 g/mol. The van der Waals surface area contributed by atoms with Crippen LogP contribution in [-0.4, -0.2) is 47.3 Å². The van der Waals surface area contributed by atoms with Crippen LogP contribution in [0.25, 0.3) is 11.1 Å². The molecular weight excluding hydrogens is 569 g/mol. The molecule has 2 atom stereocenters. The lowest BCUT2D eigenvalue weighted by Crippen LogP contribution is -2.60. The van der Waals surface area contributed by atoms with Crippen molar-refractivity contribution >= 4 is 23.4 Å². The molecule has 0 unspecified atom stereocenters. The summed E-state index contributed by atoms with van der Waals surface area (Å²) in [6.07, 6.45) is -4.51. The van der Waals surface area contributed by atoms with Gasteiger partial charge >= 0.3 is 6.36 Å². The van der Waals surface area contributed by atoms with Gasteiger partial charge in [-0.15, -0.1) is 13.2 Å². The van der Waals surface area contributed by atoms with Crippen molar-refractivity contribution in [2.24, 2.45) is 11.3 Å². The van der Waals surface area contributed by atoms with Crippen LogP contribution in [0.15, 0.2) is 72.8 Å². The molecule has 2 N–H and O–H groups in total. The van der Waals surface area contributed by atoms with E-state index >= 15 is 0 Å². The molecule has 0 bridgehead atoms. The predicted molar refractivity (Wildman–Crippen MR) is 155 cm³/mol. The van der Waals surface area contributed by atoms with Crippen molar-refractivity contribution in [1.82, 2.24) is 10.2 Å². The number of amides is 2. The van der Waals surface area contributed by atoms with Crippen LogP contribution in [0.4, 0.5) is 13.2 Å². The van der Waals surface area contributed by atoms with Gasteiger partial charge < -0.3 is 20.1 Å². The number of ether oxygens (including phenoxy) is 1. The van der Waals surface area contributed by atoms with Gasteiger partial charge in [-0.1, -0.05) is 75.7 Å². The Morgan fingerprint density at radius 2 is 1.62 bits per heavy atom. The lowest BCUT2D eigenvalue weighted by Gasteiger charge is -2.51. The Bertz CT molecular complexity index is 1440. The Kier molecular flexibility index (Phi) is 8.94. The standard InChI is InChI=1S/C32H34ClF3N2O4/c1-20(2)27(29(40)38-16-15-31(41,30(3,4)19-38)24-11-13-25(33)14-12-24)37-28(39)23-9-5-7-21(17-23)22-8-6-10-26(18-22)42-32(34,35)36/h5-14,17-18,20,27,41H,15-16,19H2,1-4H3,(H,37,39)/t27-,31+/m1/s1. The molecule has 1 aliphatic rings. The number of alkyl halides is 3. The molecule has 1 fully saturated rings. The summed E-state index contributed by atoms with van der Waals surface area (Å²) in [5.74, 6) is -1.34. The molecule has 0 spiro atoms. The van der Waals surface area contributed by atoms with Gasteiger partial charge in [0.05, 0.1) is 5.60 Å². The number of likely N-dealkylation sites (tertiary alicyclic amines) is 1. The maximum Gasteiger partial charge on any atom is 0.573 e. The molecule has 224 valence electrons. The quantitative estimate of drug-likeness (QED) is 0.312. The first-order valence-electron chi connectivity index (χ1n) is 13.6. The van der Waals surface area contributed by atoms with Gasteiger partial charge in [0.2, 0.25) is 5.91 Å². The summed E-state index contributed by atoms with van der Waals surface area (Å²) in [6, 6.07) is 18.1. The van der Waals surface area contributed by atoms with E-state index in [9.17, 15) is 27.9 Å². The van der Waals surface area contributed by atoms with E-state index < -0.39 is 29.3 Å². The third-order valence-electron chi connectivity index (χ3n) is 7.83. The zero-order valence-electron chi connectivity index (χ0n) is 23.8. The number of rotatable bonds is 7. The van der Waals surface area contributed by atoms with Crippen LogP contribution >= 0.6 is 11.6 Å². The van der Waals surface area contributed by atoms with E-state index in [1.165, 1.54) is 18.2 Å². The minimum absolute atomic E-state index is 0.235. The van der Waals surface area contributed by atoms with E-state index in [-0.39, 0.29) is 29.7 Å². The van der Waals surface area contributed by atoms with Crippen LogP contribution in [-0.2, 0) is 10.4 Å². The maximum absolute atomic E-state index is 13.7. The Labute approximate surface area is 248 Å². The maximum atomic E-state index is 13.7. The predicted octanol–water partition coefficient (Wildman–Crippen LogP) is 6.81. The van der Waals surface area contributed by atoms with Crippen molar-refractivity contribution in [3.05, 3.63) is 88.9 Å². The molecule has 6 nitrogen and oxygen atoms in total. The minimum Gasteiger partial charge on any atom is -0.406 e. The van der Waals surface area contributed by atoms with Crippen LogP contribution in [0.5, 0.6) is 5.75 Å². The van der Waals surface area contributed by atoms with E-state index in [1.807, 2.05) is 27.7 Å². The lowest BCUT2D eigenvalue weighted by molar-refractivity contribution is -0.274. The van der Waals surface area contributed by atoms with E-state index in [2.05, 4.69) is 10.1 Å². The van der Waals surface area contributed by atoms with Crippen LogP contribution < -0.4 is 10.1 Å². The van der Waals surface area contributed by atoms with Crippen molar-refractivity contribution < 1.29 is 32.6 Å². The zero-order valence-corrected chi connectivity index (χ0v) is 24.6. The number of nitrogens with one attached hydrogen (secondary N) is 1. The first kappa shape index (κ1) is 31.4. The number of hydrogen-bond donors (Lipinski definition) is 2. The summed E-state index contributed by atoms with van der Waals surface area (Å²) in [4.78, 5) is 28.7. The Morgan fingerprint density at radius 3 is 2.21 bits per heavy atom. The summed E-state index contributed by atoms with van der Waals surface area (Å²) in [7, 11) is 0. The molecule has 0 aliphatic carbocycles. The number of carbonyl (C=O) groups excluding carboxylic acids is 2. The third kappa shape index (κ3) is 6.90. The molecule has 10 heteroatoms. The minimum atomic E-state index is -4.82. The molecule has 1 saturated heterocycles. The molecule has 0 radical (unpaired) electrons. The smallest absolute Gasteiger partial charge is 0.406 e. The van der Waals surface area contributed by atoms with Gasteiger partial charge in [-0.2, -0.15) is 0 Å². The second kappa shape index (κ2) is 12.0. The molecule has 0 saturated carbocycles. The topological polar surface area (TPSA) is 78.9 Å². The van der Waals surface area contributed by atoms with Crippen LogP contribution in [0.1, 0.15) is 50.0 Å². The summed E-state index contributed by atoms with van der Waals surface area (Å²) in [6.45, 7) is 8.06. The van der Waals surface area contributed by atoms with Gasteiger partial charge in [0, 0.05) is 29.1 Å². The largest absolute Gasteiger partial charge is 0.573 e. The Balaban J connectivity index is 1.50. The molecule has 0 aromatic heterocycles. The van der Waals surface area contributed by atoms with Crippen molar-refractivity contribution in [3.8, 4) is 16.9 Å². The number of hydrogen-bond acceptors (Lipinski definition) is 4. The highest BCUT2D eigenvalue weighted by molar-refractivity contribution is 6.30. The van der Waals surface area contributed by atoms with Gasteiger partial charge in [-0.3, -0.25) is 9.59 Å². The number of halogens is 4. The summed E-state index contributed by atoms with van der Waals surface area (Å²) in [5.41, 5.74) is 0.0677. The fourth-order valence-electron chi connectivity index (χ4n) is 5.42. The second-order valence-corrected chi connectivity index (χ2v) is 12.0. The monoisotopic (exact) mass is 602 g/mol. The van der Waals surface area contributed by atoms with E-state index in [0.29, 0.717) is 29.1 Å². The highest BCUT2D eigenvalue weighted by atomic mass is 35.5. The van der Waals surface area contributed by atoms with Gasteiger partial charge in [-0.05, 0) is 65.4 Å². The van der Waals surface area contributed by atoms with Crippen LogP contribution in [0.2, 0.25) is 5.02 Å². The van der Waals surface area contributed by atoms with E-state index in [1.54, 1.807) is 59.5 Å². The van der Waals surface area contributed by atoms with Crippen molar-refractivity contribution in [3.63, 3.8) is 0 Å². The van der Waals surface area contributed by atoms with Crippen LogP contribution in [0, 0.1) is 11.3 Å². The SMILES string of the molecule is CC(C)[C@@H](NC(=O)c1cccc(-c2cccc(OC(F)(F)F)c2)c1)C(=O)N1CC[C@](O)(c2ccc(Cl)cc2)C(C)(C)C1. The van der Waals surface area contributed by atoms with Gasteiger partial charge in [0.25, 0.3) is 5.91 Å². The van der Waals surface area contributed by atoms with E-state index in [4.69, 9.17) is 11.6 Å². The molecule has 1 heterocycles. The summed E-state index contributed by atoms with van der Waals surface area (Å²) < 4.78 is 42.1. The van der Waals surface area contributed by atoms with Crippen molar-refractivity contribution in [1.29, 1.82) is 0 Å². The number of nitrogens with zero attached hydrogens (tertiary/aromatic N) is 1. The fourth-order valence-corrected chi connectivity index (χ4v) is 5.54. The summed E-state index contributed by atoms with van der Waals surface area (Å²) in [5, 5.41) is 15.1. The van der Waals surface area contributed by atoms with Crippen molar-refractivity contribution in [2.75, 3.05) is 13.1 Å². The summed E-state index contributed by atoms with van der Waals surface area (Å²) >= 11 is 6.04. The third-order valence-corrected chi connectivity index (χ3v) is 8.08. The zero-order chi connectivity index (χ0) is 30.9. The van der Waals surface area contributed by atoms with Crippen LogP contribution in [0.3, 0.4) is 0 Å². The average Bonchev–Trinajstić information content (AvgIpc) is 2.92. The van der Waals surface area contributed by atoms with E-state index in [0.717, 1.165) is 5.56 Å². The molecule has 1 aliphatic heterocycles. The number of benzene rings is 3. The lowest BCUT2D eigenvalue weighted by atomic mass is 9.66. The molecule has 2 amide bonds. The Morgan fingerprint density at radius 1 is 1.00 bits per heavy atom. The normalized spacial score (nSPS) is 19.3. The molecule has 42 heavy (non-hydrogen) atoms. The highest BCUT2D eigenvalue weighted by Gasteiger charge is 2.50. The molecular formula is C32H34ClF3N2O4. The number of aliphatic hydroxyl groups is 1. The molecule has 3 aromatic rings. The highest BCUT2D eigenvalue weighted by Crippen LogP contribution is 2.46. The van der Waals surface area contributed by atoms with Crippen molar-refractivity contribution in [2.45, 2.75) is 52.1 Å². The van der Waals surface area contributed by atoms with Gasteiger partial charge in [-0.25, -0.2) is 0 Å². The van der Waals surface area contributed by atoms with Gasteiger partial charge in [0.15, 0.2) is 0 Å². The Hall–Kier alpha value is -3.56. The number of piperidine rings is 1. The molecule has 4 rings (SSSR count). The molecule has 3 aromatic carbocycles. The fraction of sp³-hybridized carbons (Fsp3) is 0.375. The number of carbonyl (C=O) groups is 2. The first-order valence-corrected chi connectivity index (χ1v) is 14.0. The van der Waals surface area contributed by atoms with Gasteiger partial charge in [0.1, 0.15) is 11.8 Å². The second-order valence-electron chi connectivity index (χ2n) is 11.6.